The van der Waals surface area contributed by atoms with E-state index in [0.29, 0.717) is 52.4 Å². The molecule has 0 saturated carbocycles. The fourth-order valence-corrected chi connectivity index (χ4v) is 6.50. The molecule has 0 spiro atoms. The average Bonchev–Trinajstić information content (AvgIpc) is 3.65. The van der Waals surface area contributed by atoms with Crippen LogP contribution in [0.1, 0.15) is 52.0 Å². The summed E-state index contributed by atoms with van der Waals surface area (Å²) >= 11 is 2.68. The molecule has 10 nitrogen and oxygen atoms in total. The van der Waals surface area contributed by atoms with Gasteiger partial charge in [-0.2, -0.15) is 0 Å². The van der Waals surface area contributed by atoms with E-state index >= 15 is 0 Å². The number of carbonyl (C=O) groups excluding carboxylic acids is 4. The van der Waals surface area contributed by atoms with E-state index in [1.165, 1.54) is 36.9 Å². The highest BCUT2D eigenvalue weighted by atomic mass is 32.1. The predicted octanol–water partition coefficient (Wildman–Crippen LogP) is 6.50. The summed E-state index contributed by atoms with van der Waals surface area (Å²) in [4.78, 5) is 49.5. The molecule has 44 heavy (non-hydrogen) atoms. The minimum absolute atomic E-state index is 0.0366. The number of Topliss-reactive ketones (excluding diaryl/α,β-unsaturated/α-hetero) is 2. The van der Waals surface area contributed by atoms with Crippen LogP contribution >= 0.6 is 22.7 Å². The average molecular weight is 643 g/mol. The van der Waals surface area contributed by atoms with Crippen molar-refractivity contribution in [2.75, 3.05) is 41.7 Å². The van der Waals surface area contributed by atoms with Gasteiger partial charge in [0.05, 0.1) is 63.7 Å². The Hall–Kier alpha value is -4.16. The highest BCUT2D eigenvalue weighted by Gasteiger charge is 2.21. The van der Waals surface area contributed by atoms with Crippen molar-refractivity contribution in [1.29, 1.82) is 0 Å². The molecule has 0 N–H and O–H groups in total. The van der Waals surface area contributed by atoms with Crippen molar-refractivity contribution in [3.8, 4) is 23.0 Å². The summed E-state index contributed by atoms with van der Waals surface area (Å²) < 4.78 is 34.1. The first kappa shape index (κ1) is 32.7. The second-order valence-electron chi connectivity index (χ2n) is 9.90. The van der Waals surface area contributed by atoms with Gasteiger partial charge in [0.15, 0.2) is 34.6 Å². The number of ether oxygens (including phenoxy) is 6. The molecule has 0 amide bonds. The molecule has 0 aliphatic heterocycles. The normalized spacial score (nSPS) is 11.7. The van der Waals surface area contributed by atoms with Crippen LogP contribution in [0.2, 0.25) is 0 Å². The molecule has 2 aromatic carbocycles. The maximum absolute atomic E-state index is 12.7. The Morgan fingerprint density at radius 1 is 0.659 bits per heavy atom. The van der Waals surface area contributed by atoms with Gasteiger partial charge in [0.2, 0.25) is 0 Å². The Morgan fingerprint density at radius 3 is 1.75 bits per heavy atom. The Kier molecular flexibility index (Phi) is 11.2. The quantitative estimate of drug-likeness (QED) is 0.0760. The van der Waals surface area contributed by atoms with E-state index in [1.807, 2.05) is 24.3 Å². The van der Waals surface area contributed by atoms with Gasteiger partial charge in [-0.1, -0.05) is 6.92 Å². The molecular weight excluding hydrogens is 608 g/mol. The number of ketones is 2. The molecule has 2 heterocycles. The van der Waals surface area contributed by atoms with Crippen molar-refractivity contribution in [1.82, 2.24) is 0 Å². The maximum Gasteiger partial charge on any atom is 0.308 e. The van der Waals surface area contributed by atoms with Gasteiger partial charge < -0.3 is 28.4 Å². The zero-order chi connectivity index (χ0) is 31.8. The number of hydrogen-bond donors (Lipinski definition) is 0. The predicted molar refractivity (Wildman–Crippen MR) is 168 cm³/mol. The van der Waals surface area contributed by atoms with Crippen LogP contribution in [0.15, 0.2) is 36.4 Å². The smallest absolute Gasteiger partial charge is 0.308 e. The maximum atomic E-state index is 12.7. The topological polar surface area (TPSA) is 124 Å². The summed E-state index contributed by atoms with van der Waals surface area (Å²) in [6.45, 7) is 2.36. The summed E-state index contributed by atoms with van der Waals surface area (Å²) in [6.07, 6.45) is 0.748. The van der Waals surface area contributed by atoms with Crippen LogP contribution in [-0.2, 0) is 19.1 Å². The minimum Gasteiger partial charge on any atom is -0.493 e. The third-order valence-corrected chi connectivity index (χ3v) is 9.12. The van der Waals surface area contributed by atoms with E-state index in [9.17, 15) is 19.2 Å². The lowest BCUT2D eigenvalue weighted by Gasteiger charge is -2.13. The van der Waals surface area contributed by atoms with Gasteiger partial charge in [-0.3, -0.25) is 19.2 Å². The molecule has 234 valence electrons. The number of fused-ring (bicyclic) bond motifs is 2. The summed E-state index contributed by atoms with van der Waals surface area (Å²) in [5.41, 5.74) is 0. The molecule has 0 aliphatic rings. The number of carbonyl (C=O) groups is 4. The minimum atomic E-state index is -0.522. The summed E-state index contributed by atoms with van der Waals surface area (Å²) in [6, 6.07) is 10.9. The summed E-state index contributed by atoms with van der Waals surface area (Å²) in [7, 11) is 5.71. The number of rotatable bonds is 16. The summed E-state index contributed by atoms with van der Waals surface area (Å²) in [5.74, 6) is 0.573. The van der Waals surface area contributed by atoms with Gasteiger partial charge in [-0.05, 0) is 35.0 Å². The van der Waals surface area contributed by atoms with Crippen molar-refractivity contribution in [2.24, 2.45) is 5.92 Å². The van der Waals surface area contributed by atoms with Crippen LogP contribution in [0, 0.1) is 5.92 Å². The van der Waals surface area contributed by atoms with Gasteiger partial charge in [0.25, 0.3) is 0 Å². The van der Waals surface area contributed by atoms with E-state index in [2.05, 4.69) is 4.74 Å². The molecule has 0 fully saturated rings. The Labute approximate surface area is 262 Å². The van der Waals surface area contributed by atoms with Gasteiger partial charge in [0.1, 0.15) is 0 Å². The van der Waals surface area contributed by atoms with E-state index in [1.54, 1.807) is 33.3 Å². The molecule has 0 aliphatic carbocycles. The molecule has 0 unspecified atom stereocenters. The van der Waals surface area contributed by atoms with Crippen molar-refractivity contribution < 1.29 is 47.6 Å². The number of esters is 2. The van der Waals surface area contributed by atoms with Gasteiger partial charge in [0, 0.05) is 40.8 Å². The molecule has 12 heteroatoms. The first-order chi connectivity index (χ1) is 21.2. The van der Waals surface area contributed by atoms with Gasteiger partial charge in [-0.25, -0.2) is 0 Å². The van der Waals surface area contributed by atoms with Crippen LogP contribution in [0.25, 0.3) is 20.2 Å². The fourth-order valence-electron chi connectivity index (χ4n) is 4.44. The number of thiophene rings is 2. The zero-order valence-electron chi connectivity index (χ0n) is 25.2. The van der Waals surface area contributed by atoms with E-state index in [-0.39, 0.29) is 30.8 Å². The molecule has 0 saturated heterocycles. The van der Waals surface area contributed by atoms with E-state index in [4.69, 9.17) is 23.7 Å². The fraction of sp³-hybridized carbons (Fsp3) is 0.375. The van der Waals surface area contributed by atoms with Crippen molar-refractivity contribution in [3.63, 3.8) is 0 Å². The molecule has 0 bridgehead atoms. The zero-order valence-corrected chi connectivity index (χ0v) is 26.8. The lowest BCUT2D eigenvalue weighted by atomic mass is 10.0. The molecule has 0 radical (unpaired) electrons. The van der Waals surface area contributed by atoms with Crippen molar-refractivity contribution in [2.45, 2.75) is 32.6 Å². The van der Waals surface area contributed by atoms with Gasteiger partial charge >= 0.3 is 11.9 Å². The number of hydrogen-bond acceptors (Lipinski definition) is 12. The molecular formula is C32H34O10S2. The third kappa shape index (κ3) is 7.86. The van der Waals surface area contributed by atoms with Crippen LogP contribution in [0.5, 0.6) is 23.0 Å². The Balaban J connectivity index is 1.36. The Morgan fingerprint density at radius 2 is 1.18 bits per heavy atom. The monoisotopic (exact) mass is 642 g/mol. The highest BCUT2D eigenvalue weighted by Crippen LogP contribution is 2.38. The van der Waals surface area contributed by atoms with Crippen LogP contribution in [0.3, 0.4) is 0 Å². The molecule has 4 aromatic rings. The van der Waals surface area contributed by atoms with E-state index in [0.717, 1.165) is 20.2 Å². The standard InChI is InChI=1S/C32H34O10S2/c1-18(32(36)40-5)11-22(34)30-15-20-13-25(24(38-3)16-27(20)44-30)41-9-6-10-42-26-17-28-19(12-23(26)37-2)14-29(43-28)21(33)7-8-31(35)39-4/h12-18H,6-11H2,1-5H3/t18-/m0/s1. The second-order valence-corrected chi connectivity index (χ2v) is 12.1. The SMILES string of the molecule is COC(=O)CCC(=O)c1cc2cc(OC)c(OCCCOc3cc4cc(C(=O)C[C@H](C)C(=O)OC)sc4cc3OC)cc2s1. The van der Waals surface area contributed by atoms with E-state index < -0.39 is 17.9 Å². The lowest BCUT2D eigenvalue weighted by Crippen LogP contribution is -2.16. The first-order valence-corrected chi connectivity index (χ1v) is 15.5. The van der Waals surface area contributed by atoms with Crippen molar-refractivity contribution in [3.05, 3.63) is 46.2 Å². The lowest BCUT2D eigenvalue weighted by molar-refractivity contribution is -0.144. The van der Waals surface area contributed by atoms with Crippen LogP contribution in [0.4, 0.5) is 0 Å². The first-order valence-electron chi connectivity index (χ1n) is 13.9. The van der Waals surface area contributed by atoms with Crippen molar-refractivity contribution >= 4 is 66.4 Å². The summed E-state index contributed by atoms with van der Waals surface area (Å²) in [5, 5.41) is 1.69. The molecule has 4 rings (SSSR count). The third-order valence-electron chi connectivity index (χ3n) is 6.84. The number of methoxy groups -OCH3 is 4. The largest absolute Gasteiger partial charge is 0.493 e. The van der Waals surface area contributed by atoms with Crippen LogP contribution < -0.4 is 18.9 Å². The number of benzene rings is 2. The van der Waals surface area contributed by atoms with Crippen LogP contribution in [-0.4, -0.2) is 65.2 Å². The molecule has 1 atom stereocenters. The Bertz CT molecular complexity index is 1670. The van der Waals surface area contributed by atoms with Gasteiger partial charge in [-0.15, -0.1) is 22.7 Å². The highest BCUT2D eigenvalue weighted by molar-refractivity contribution is 7.21. The molecule has 2 aromatic heterocycles. The second kappa shape index (κ2) is 15.0.